The van der Waals surface area contributed by atoms with Gasteiger partial charge in [0.05, 0.1) is 10.1 Å². The highest BCUT2D eigenvalue weighted by Gasteiger charge is 2.39. The Morgan fingerprint density at radius 1 is 1.12 bits per heavy atom. The van der Waals surface area contributed by atoms with Crippen molar-refractivity contribution in [3.8, 4) is 0 Å². The van der Waals surface area contributed by atoms with Gasteiger partial charge in [0.1, 0.15) is 0 Å². The maximum Gasteiger partial charge on any atom is 0.181 e. The standard InChI is InChI=1S/C12H16N2O2S/c15-17(16,11-3-5-13-6-4-11)12-7-9-1-2-10(8-12)14-9/h3-6,9-10,12,14H,1-2,7-8H2/t9-,10+,12?. The first-order valence-corrected chi connectivity index (χ1v) is 7.61. The third kappa shape index (κ3) is 1.98. The minimum atomic E-state index is -3.17. The Balaban J connectivity index is 1.89. The molecule has 3 heterocycles. The monoisotopic (exact) mass is 252 g/mol. The molecule has 3 atom stereocenters. The van der Waals surface area contributed by atoms with Crippen molar-refractivity contribution in [2.75, 3.05) is 0 Å². The molecule has 0 spiro atoms. The number of hydrogen-bond donors (Lipinski definition) is 1. The molecule has 2 fully saturated rings. The summed E-state index contributed by atoms with van der Waals surface area (Å²) in [6.07, 6.45) is 6.83. The number of hydrogen-bond acceptors (Lipinski definition) is 4. The molecule has 2 bridgehead atoms. The predicted molar refractivity (Wildman–Crippen MR) is 64.4 cm³/mol. The molecular formula is C12H16N2O2S. The zero-order chi connectivity index (χ0) is 11.9. The number of sulfone groups is 1. The van der Waals surface area contributed by atoms with Gasteiger partial charge >= 0.3 is 0 Å². The average molecular weight is 252 g/mol. The first kappa shape index (κ1) is 11.2. The molecule has 0 aromatic carbocycles. The van der Waals surface area contributed by atoms with E-state index in [9.17, 15) is 8.42 Å². The Hall–Kier alpha value is -0.940. The fourth-order valence-corrected chi connectivity index (χ4v) is 4.84. The molecule has 1 aromatic heterocycles. The van der Waals surface area contributed by atoms with Gasteiger partial charge in [-0.3, -0.25) is 4.98 Å². The number of pyridine rings is 1. The molecule has 4 nitrogen and oxygen atoms in total. The minimum Gasteiger partial charge on any atom is -0.311 e. The van der Waals surface area contributed by atoms with Crippen LogP contribution in [0.15, 0.2) is 29.4 Å². The van der Waals surface area contributed by atoms with Crippen LogP contribution in [0.1, 0.15) is 25.7 Å². The number of nitrogens with one attached hydrogen (secondary N) is 1. The molecule has 1 N–H and O–H groups in total. The van der Waals surface area contributed by atoms with Crippen molar-refractivity contribution in [1.82, 2.24) is 10.3 Å². The third-order valence-electron chi connectivity index (χ3n) is 3.85. The van der Waals surface area contributed by atoms with Crippen LogP contribution in [0, 0.1) is 0 Å². The van der Waals surface area contributed by atoms with E-state index in [1.54, 1.807) is 24.5 Å². The summed E-state index contributed by atoms with van der Waals surface area (Å²) in [5.74, 6) is 0. The van der Waals surface area contributed by atoms with Gasteiger partial charge in [-0.2, -0.15) is 0 Å². The van der Waals surface area contributed by atoms with Gasteiger partial charge in [-0.05, 0) is 37.8 Å². The van der Waals surface area contributed by atoms with Crippen molar-refractivity contribution >= 4 is 9.84 Å². The normalized spacial score (nSPS) is 32.6. The van der Waals surface area contributed by atoms with Crippen molar-refractivity contribution in [2.45, 2.75) is 47.9 Å². The van der Waals surface area contributed by atoms with E-state index >= 15 is 0 Å². The Bertz CT molecular complexity index is 488. The van der Waals surface area contributed by atoms with Gasteiger partial charge in [0.25, 0.3) is 0 Å². The van der Waals surface area contributed by atoms with Crippen molar-refractivity contribution in [2.24, 2.45) is 0 Å². The molecule has 2 saturated heterocycles. The van der Waals surface area contributed by atoms with Gasteiger partial charge in [-0.15, -0.1) is 0 Å². The second-order valence-corrected chi connectivity index (χ2v) is 7.19. The van der Waals surface area contributed by atoms with Crippen molar-refractivity contribution < 1.29 is 8.42 Å². The summed E-state index contributed by atoms with van der Waals surface area (Å²) in [6, 6.07) is 3.99. The van der Waals surface area contributed by atoms with Gasteiger partial charge in [0.15, 0.2) is 9.84 Å². The molecule has 17 heavy (non-hydrogen) atoms. The van der Waals surface area contributed by atoms with E-state index < -0.39 is 9.84 Å². The Morgan fingerprint density at radius 2 is 1.71 bits per heavy atom. The van der Waals surface area contributed by atoms with Crippen LogP contribution in [0.2, 0.25) is 0 Å². The summed E-state index contributed by atoms with van der Waals surface area (Å²) in [4.78, 5) is 4.29. The van der Waals surface area contributed by atoms with Crippen LogP contribution in [-0.2, 0) is 9.84 Å². The lowest BCUT2D eigenvalue weighted by atomic mass is 10.1. The van der Waals surface area contributed by atoms with E-state index in [1.807, 2.05) is 0 Å². The summed E-state index contributed by atoms with van der Waals surface area (Å²) >= 11 is 0. The molecule has 5 heteroatoms. The lowest BCUT2D eigenvalue weighted by Gasteiger charge is -2.28. The zero-order valence-corrected chi connectivity index (χ0v) is 10.4. The van der Waals surface area contributed by atoms with E-state index in [1.165, 1.54) is 0 Å². The second kappa shape index (κ2) is 4.07. The number of nitrogens with zero attached hydrogens (tertiary/aromatic N) is 1. The first-order valence-electron chi connectivity index (χ1n) is 6.06. The van der Waals surface area contributed by atoms with E-state index in [2.05, 4.69) is 10.3 Å². The molecule has 0 radical (unpaired) electrons. The second-order valence-electron chi connectivity index (χ2n) is 4.96. The summed E-state index contributed by atoms with van der Waals surface area (Å²) < 4.78 is 24.9. The summed E-state index contributed by atoms with van der Waals surface area (Å²) in [5.41, 5.74) is 0. The molecule has 92 valence electrons. The van der Waals surface area contributed by atoms with Crippen molar-refractivity contribution in [1.29, 1.82) is 0 Å². The van der Waals surface area contributed by atoms with Crippen LogP contribution in [0.3, 0.4) is 0 Å². The highest BCUT2D eigenvalue weighted by Crippen LogP contribution is 2.33. The van der Waals surface area contributed by atoms with Crippen LogP contribution >= 0.6 is 0 Å². The van der Waals surface area contributed by atoms with Gasteiger partial charge in [0, 0.05) is 24.5 Å². The van der Waals surface area contributed by atoms with Gasteiger partial charge in [0.2, 0.25) is 0 Å². The molecule has 2 aliphatic rings. The molecule has 1 unspecified atom stereocenters. The van der Waals surface area contributed by atoms with E-state index in [0.717, 1.165) is 25.7 Å². The Morgan fingerprint density at radius 3 is 2.29 bits per heavy atom. The predicted octanol–water partition coefficient (Wildman–Crippen LogP) is 1.14. The molecule has 2 aliphatic heterocycles. The average Bonchev–Trinajstić information content (AvgIpc) is 2.69. The molecule has 0 saturated carbocycles. The maximum absolute atomic E-state index is 12.5. The SMILES string of the molecule is O=S(=O)(c1ccncc1)C1C[C@H]2CC[C@@H](C1)N2. The smallest absolute Gasteiger partial charge is 0.181 e. The number of piperidine rings is 1. The van der Waals surface area contributed by atoms with E-state index in [-0.39, 0.29) is 5.25 Å². The van der Waals surface area contributed by atoms with Crippen LogP contribution in [0.5, 0.6) is 0 Å². The minimum absolute atomic E-state index is 0.219. The largest absolute Gasteiger partial charge is 0.311 e. The highest BCUT2D eigenvalue weighted by molar-refractivity contribution is 7.92. The number of aromatic nitrogens is 1. The lowest BCUT2D eigenvalue weighted by Crippen LogP contribution is -2.43. The first-order chi connectivity index (χ1) is 8.16. The maximum atomic E-state index is 12.5. The molecule has 3 rings (SSSR count). The van der Waals surface area contributed by atoms with Gasteiger partial charge < -0.3 is 5.32 Å². The lowest BCUT2D eigenvalue weighted by molar-refractivity contribution is 0.401. The summed E-state index contributed by atoms with van der Waals surface area (Å²) in [7, 11) is -3.17. The topological polar surface area (TPSA) is 59.1 Å². The van der Waals surface area contributed by atoms with E-state index in [4.69, 9.17) is 0 Å². The van der Waals surface area contributed by atoms with Crippen LogP contribution in [0.4, 0.5) is 0 Å². The summed E-state index contributed by atoms with van der Waals surface area (Å²) in [6.45, 7) is 0. The third-order valence-corrected chi connectivity index (χ3v) is 6.04. The fourth-order valence-electron chi connectivity index (χ4n) is 2.98. The van der Waals surface area contributed by atoms with Crippen molar-refractivity contribution in [3.05, 3.63) is 24.5 Å². The van der Waals surface area contributed by atoms with Crippen LogP contribution < -0.4 is 5.32 Å². The molecule has 0 aliphatic carbocycles. The zero-order valence-electron chi connectivity index (χ0n) is 9.54. The quantitative estimate of drug-likeness (QED) is 0.857. The highest BCUT2D eigenvalue weighted by atomic mass is 32.2. The fraction of sp³-hybridized carbons (Fsp3) is 0.583. The number of fused-ring (bicyclic) bond motifs is 2. The van der Waals surface area contributed by atoms with Crippen LogP contribution in [-0.4, -0.2) is 30.7 Å². The summed E-state index contributed by atoms with van der Waals surface area (Å²) in [5, 5.41) is 3.25. The molecule has 1 aromatic rings. The van der Waals surface area contributed by atoms with Crippen molar-refractivity contribution in [3.63, 3.8) is 0 Å². The van der Waals surface area contributed by atoms with E-state index in [0.29, 0.717) is 17.0 Å². The van der Waals surface area contributed by atoms with Gasteiger partial charge in [-0.1, -0.05) is 0 Å². The molecular weight excluding hydrogens is 236 g/mol. The molecule has 0 amide bonds. The Labute approximate surface area is 101 Å². The van der Waals surface area contributed by atoms with Crippen LogP contribution in [0.25, 0.3) is 0 Å². The van der Waals surface area contributed by atoms with Gasteiger partial charge in [-0.25, -0.2) is 8.42 Å². The Kier molecular flexibility index (Phi) is 2.67. The number of rotatable bonds is 2.